The molecule has 0 spiro atoms. The lowest BCUT2D eigenvalue weighted by molar-refractivity contribution is -0.136. The normalized spacial score (nSPS) is 15.2. The van der Waals surface area contributed by atoms with E-state index >= 15 is 0 Å². The van der Waals surface area contributed by atoms with Crippen molar-refractivity contribution in [2.45, 2.75) is 25.0 Å². The highest BCUT2D eigenvalue weighted by Gasteiger charge is 2.21. The summed E-state index contributed by atoms with van der Waals surface area (Å²) < 4.78 is 11.4. The number of aliphatic carboxylic acids is 1. The Morgan fingerprint density at radius 1 is 1.62 bits per heavy atom. The second kappa shape index (κ2) is 7.38. The predicted molar refractivity (Wildman–Crippen MR) is 57.7 cm³/mol. The lowest BCUT2D eigenvalue weighted by atomic mass is 10.3. The molecular weight excluding hydrogens is 208 g/mol. The highest BCUT2D eigenvalue weighted by atomic mass is 32.2. The Hall–Kier alpha value is -0.0300. The van der Waals surface area contributed by atoms with Crippen molar-refractivity contribution in [1.82, 2.24) is 0 Å². The molecule has 0 aliphatic carbocycles. The van der Waals surface area contributed by atoms with E-state index in [4.69, 9.17) is 5.11 Å². The van der Waals surface area contributed by atoms with Gasteiger partial charge in [-0.2, -0.15) is 11.8 Å². The van der Waals surface area contributed by atoms with Crippen LogP contribution >= 0.6 is 11.8 Å². The molecule has 0 aromatic rings. The van der Waals surface area contributed by atoms with Crippen LogP contribution in [0.15, 0.2) is 0 Å². The highest BCUT2D eigenvalue weighted by Crippen LogP contribution is 2.05. The largest absolute Gasteiger partial charge is 0.480 e. The van der Waals surface area contributed by atoms with Gasteiger partial charge in [0, 0.05) is 16.6 Å². The summed E-state index contributed by atoms with van der Waals surface area (Å²) in [5.74, 6) is 0.512. The summed E-state index contributed by atoms with van der Waals surface area (Å²) >= 11 is 1.69. The van der Waals surface area contributed by atoms with Gasteiger partial charge < -0.3 is 5.11 Å². The summed E-state index contributed by atoms with van der Waals surface area (Å²) in [6.45, 7) is 1.76. The quantitative estimate of drug-likeness (QED) is 0.663. The Balaban J connectivity index is 3.85. The maximum atomic E-state index is 11.4. The maximum Gasteiger partial charge on any atom is 0.319 e. The van der Waals surface area contributed by atoms with E-state index in [0.717, 1.165) is 12.2 Å². The molecule has 0 rings (SSSR count). The molecular formula is C8H16O3S2. The lowest BCUT2D eigenvalue weighted by Gasteiger charge is -2.08. The van der Waals surface area contributed by atoms with Crippen molar-refractivity contribution in [1.29, 1.82) is 0 Å². The van der Waals surface area contributed by atoms with Crippen molar-refractivity contribution in [3.63, 3.8) is 0 Å². The molecule has 0 aromatic carbocycles. The summed E-state index contributed by atoms with van der Waals surface area (Å²) in [7, 11) is -1.20. The summed E-state index contributed by atoms with van der Waals surface area (Å²) in [6, 6.07) is 0. The molecule has 0 aromatic heterocycles. The van der Waals surface area contributed by atoms with Crippen molar-refractivity contribution in [2.24, 2.45) is 0 Å². The van der Waals surface area contributed by atoms with Crippen LogP contribution in [0.2, 0.25) is 0 Å². The molecule has 0 aliphatic heterocycles. The van der Waals surface area contributed by atoms with Crippen molar-refractivity contribution in [3.05, 3.63) is 0 Å². The lowest BCUT2D eigenvalue weighted by Crippen LogP contribution is -2.26. The third kappa shape index (κ3) is 5.31. The van der Waals surface area contributed by atoms with Gasteiger partial charge in [0.05, 0.1) is 0 Å². The SMILES string of the molecule is CCC(C(=O)O)S(=O)CCCSC. The monoisotopic (exact) mass is 224 g/mol. The molecule has 0 heterocycles. The zero-order valence-electron chi connectivity index (χ0n) is 7.99. The molecule has 1 N–H and O–H groups in total. The maximum absolute atomic E-state index is 11.4. The number of hydrogen-bond donors (Lipinski definition) is 1. The second-order valence-electron chi connectivity index (χ2n) is 2.67. The van der Waals surface area contributed by atoms with Crippen LogP contribution in [0.3, 0.4) is 0 Å². The van der Waals surface area contributed by atoms with Crippen LogP contribution in [-0.4, -0.2) is 38.3 Å². The molecule has 2 unspecified atom stereocenters. The fourth-order valence-electron chi connectivity index (χ4n) is 0.961. The fraction of sp³-hybridized carbons (Fsp3) is 0.875. The van der Waals surface area contributed by atoms with Gasteiger partial charge in [-0.25, -0.2) is 0 Å². The third-order valence-corrected chi connectivity index (χ3v) is 4.22. The van der Waals surface area contributed by atoms with Crippen LogP contribution in [0, 0.1) is 0 Å². The van der Waals surface area contributed by atoms with Gasteiger partial charge in [0.1, 0.15) is 5.25 Å². The number of carbonyl (C=O) groups is 1. The molecule has 0 saturated heterocycles. The van der Waals surface area contributed by atoms with Crippen molar-refractivity contribution in [3.8, 4) is 0 Å². The number of rotatable bonds is 7. The van der Waals surface area contributed by atoms with Crippen LogP contribution in [0.4, 0.5) is 0 Å². The first-order valence-electron chi connectivity index (χ1n) is 4.22. The van der Waals surface area contributed by atoms with Crippen molar-refractivity contribution in [2.75, 3.05) is 17.8 Å². The minimum absolute atomic E-state index is 0.446. The number of hydrogen-bond acceptors (Lipinski definition) is 3. The minimum atomic E-state index is -1.20. The van der Waals surface area contributed by atoms with Crippen LogP contribution in [0.1, 0.15) is 19.8 Å². The van der Waals surface area contributed by atoms with Gasteiger partial charge in [0.2, 0.25) is 0 Å². The number of carboxylic acids is 1. The molecule has 0 bridgehead atoms. The van der Waals surface area contributed by atoms with E-state index in [-0.39, 0.29) is 0 Å². The first-order chi connectivity index (χ1) is 6.13. The molecule has 5 heteroatoms. The standard InChI is InChI=1S/C8H16O3S2/c1-3-7(8(9)10)13(11)6-4-5-12-2/h7H,3-6H2,1-2H3,(H,9,10). The van der Waals surface area contributed by atoms with Crippen LogP contribution < -0.4 is 0 Å². The average Bonchev–Trinajstić information content (AvgIpc) is 2.05. The Morgan fingerprint density at radius 3 is 2.62 bits per heavy atom. The zero-order valence-corrected chi connectivity index (χ0v) is 9.62. The number of carboxylic acid groups (broad SMARTS) is 1. The summed E-state index contributed by atoms with van der Waals surface area (Å²) in [5.41, 5.74) is 0. The van der Waals surface area contributed by atoms with Crippen molar-refractivity contribution < 1.29 is 14.1 Å². The molecule has 0 fully saturated rings. The van der Waals surface area contributed by atoms with Gasteiger partial charge >= 0.3 is 5.97 Å². The first-order valence-corrected chi connectivity index (χ1v) is 7.00. The molecule has 0 aliphatic rings. The van der Waals surface area contributed by atoms with Gasteiger partial charge in [0.15, 0.2) is 0 Å². The Kier molecular flexibility index (Phi) is 7.36. The van der Waals surface area contributed by atoms with Gasteiger partial charge in [-0.05, 0) is 24.9 Å². The molecule has 0 radical (unpaired) electrons. The van der Waals surface area contributed by atoms with E-state index in [1.54, 1.807) is 18.7 Å². The van der Waals surface area contributed by atoms with E-state index in [0.29, 0.717) is 12.2 Å². The van der Waals surface area contributed by atoms with Gasteiger partial charge in [-0.15, -0.1) is 0 Å². The molecule has 78 valence electrons. The van der Waals surface area contributed by atoms with Gasteiger partial charge in [-0.3, -0.25) is 9.00 Å². The van der Waals surface area contributed by atoms with Gasteiger partial charge in [0.25, 0.3) is 0 Å². The van der Waals surface area contributed by atoms with Gasteiger partial charge in [-0.1, -0.05) is 6.92 Å². The fourth-order valence-corrected chi connectivity index (χ4v) is 2.89. The molecule has 13 heavy (non-hydrogen) atoms. The Bertz CT molecular complexity index is 182. The summed E-state index contributed by atoms with van der Waals surface area (Å²) in [5, 5.41) is 8.02. The van der Waals surface area contributed by atoms with E-state index in [1.165, 1.54) is 0 Å². The number of thioether (sulfide) groups is 1. The zero-order chi connectivity index (χ0) is 10.3. The molecule has 0 amide bonds. The average molecular weight is 224 g/mol. The predicted octanol–water partition coefficient (Wildman–Crippen LogP) is 1.35. The molecule has 0 saturated carbocycles. The summed E-state index contributed by atoms with van der Waals surface area (Å²) in [4.78, 5) is 10.6. The van der Waals surface area contributed by atoms with Crippen molar-refractivity contribution >= 4 is 28.5 Å². The van der Waals surface area contributed by atoms with Crippen LogP contribution in [0.25, 0.3) is 0 Å². The van der Waals surface area contributed by atoms with E-state index in [1.807, 2.05) is 6.26 Å². The Morgan fingerprint density at radius 2 is 2.23 bits per heavy atom. The van der Waals surface area contributed by atoms with E-state index < -0.39 is 22.0 Å². The van der Waals surface area contributed by atoms with E-state index in [9.17, 15) is 9.00 Å². The van der Waals surface area contributed by atoms with Crippen LogP contribution in [0.5, 0.6) is 0 Å². The highest BCUT2D eigenvalue weighted by molar-refractivity contribution is 7.98. The molecule has 2 atom stereocenters. The van der Waals surface area contributed by atoms with Crippen LogP contribution in [-0.2, 0) is 15.6 Å². The summed E-state index contributed by atoms with van der Waals surface area (Å²) in [6.07, 6.45) is 3.26. The smallest absolute Gasteiger partial charge is 0.319 e. The topological polar surface area (TPSA) is 54.4 Å². The first kappa shape index (κ1) is 13.0. The minimum Gasteiger partial charge on any atom is -0.480 e. The second-order valence-corrected chi connectivity index (χ2v) is 5.39. The Labute approximate surface area is 85.7 Å². The van der Waals surface area contributed by atoms with E-state index in [2.05, 4.69) is 0 Å². The molecule has 3 nitrogen and oxygen atoms in total. The third-order valence-electron chi connectivity index (χ3n) is 1.66.